The van der Waals surface area contributed by atoms with E-state index in [1.54, 1.807) is 11.3 Å². The highest BCUT2D eigenvalue weighted by Gasteiger charge is 2.30. The third-order valence-corrected chi connectivity index (χ3v) is 6.28. The largest absolute Gasteiger partial charge is 0.348 e. The van der Waals surface area contributed by atoms with Crippen molar-refractivity contribution >= 4 is 32.7 Å². The first kappa shape index (κ1) is 14.9. The molecule has 4 rings (SSSR count). The van der Waals surface area contributed by atoms with Gasteiger partial charge >= 0.3 is 0 Å². The molecule has 124 valence electrons. The van der Waals surface area contributed by atoms with E-state index in [2.05, 4.69) is 14.9 Å². The molecule has 0 saturated carbocycles. The van der Waals surface area contributed by atoms with E-state index in [1.165, 1.54) is 17.5 Å². The summed E-state index contributed by atoms with van der Waals surface area (Å²) < 4.78 is 3.03. The first-order valence-corrected chi connectivity index (χ1v) is 9.29. The van der Waals surface area contributed by atoms with Gasteiger partial charge in [0.05, 0.1) is 10.4 Å². The zero-order chi connectivity index (χ0) is 16.0. The van der Waals surface area contributed by atoms with Crippen molar-refractivity contribution in [3.63, 3.8) is 0 Å². The molecule has 0 bridgehead atoms. The van der Waals surface area contributed by atoms with Gasteiger partial charge in [-0.25, -0.2) is 9.67 Å². The average molecular weight is 333 g/mol. The highest BCUT2D eigenvalue weighted by Crippen LogP contribution is 2.33. The molecule has 1 amide bonds. The lowest BCUT2D eigenvalue weighted by atomic mass is 9.95. The smallest absolute Gasteiger partial charge is 0.225 e. The molecular formula is C16H23N5OS. The maximum Gasteiger partial charge on any atom is 0.225 e. The molecule has 0 aliphatic carbocycles. The number of amides is 1. The Labute approximate surface area is 140 Å². The number of carbonyl (C=O) groups is 1. The number of piperidine rings is 1. The molecule has 0 aromatic carbocycles. The van der Waals surface area contributed by atoms with Crippen molar-refractivity contribution in [1.29, 1.82) is 0 Å². The van der Waals surface area contributed by atoms with Crippen molar-refractivity contribution in [2.45, 2.75) is 32.6 Å². The minimum Gasteiger partial charge on any atom is -0.348 e. The van der Waals surface area contributed by atoms with Crippen LogP contribution in [0.1, 0.15) is 31.4 Å². The number of aromatic nitrogens is 3. The second-order valence-electron chi connectivity index (χ2n) is 6.65. The lowest BCUT2D eigenvalue weighted by Crippen LogP contribution is -2.41. The number of aryl methyl sites for hydroxylation is 2. The minimum atomic E-state index is 0.210. The van der Waals surface area contributed by atoms with Crippen molar-refractivity contribution in [3.8, 4) is 0 Å². The van der Waals surface area contributed by atoms with Crippen molar-refractivity contribution in [3.05, 3.63) is 5.69 Å². The number of rotatable bonds is 2. The van der Waals surface area contributed by atoms with Crippen LogP contribution in [-0.4, -0.2) is 51.8 Å². The van der Waals surface area contributed by atoms with E-state index in [0.717, 1.165) is 55.5 Å². The molecule has 6 nitrogen and oxygen atoms in total. The topological polar surface area (TPSA) is 54.3 Å². The Balaban J connectivity index is 1.44. The van der Waals surface area contributed by atoms with Gasteiger partial charge in [-0.2, -0.15) is 5.10 Å². The summed E-state index contributed by atoms with van der Waals surface area (Å²) in [5.41, 5.74) is 2.02. The van der Waals surface area contributed by atoms with Crippen LogP contribution in [0.25, 0.3) is 10.3 Å². The second-order valence-corrected chi connectivity index (χ2v) is 7.63. The number of nitrogens with zero attached hydrogens (tertiary/aromatic N) is 5. The fourth-order valence-corrected chi connectivity index (χ4v) is 4.81. The van der Waals surface area contributed by atoms with Gasteiger partial charge < -0.3 is 9.80 Å². The van der Waals surface area contributed by atoms with Gasteiger partial charge in [0.2, 0.25) is 5.91 Å². The van der Waals surface area contributed by atoms with Gasteiger partial charge in [0.25, 0.3) is 0 Å². The summed E-state index contributed by atoms with van der Waals surface area (Å²) in [5.74, 6) is 0.591. The van der Waals surface area contributed by atoms with Crippen LogP contribution in [0.2, 0.25) is 0 Å². The molecule has 2 saturated heterocycles. The van der Waals surface area contributed by atoms with Crippen LogP contribution in [0.4, 0.5) is 5.13 Å². The normalized spacial score (nSPS) is 19.9. The van der Waals surface area contributed by atoms with E-state index in [-0.39, 0.29) is 5.92 Å². The van der Waals surface area contributed by atoms with Crippen LogP contribution in [0.15, 0.2) is 0 Å². The molecule has 7 heteroatoms. The number of thiazole rings is 1. The monoisotopic (exact) mass is 333 g/mol. The van der Waals surface area contributed by atoms with E-state index in [9.17, 15) is 4.79 Å². The van der Waals surface area contributed by atoms with Crippen molar-refractivity contribution in [1.82, 2.24) is 19.7 Å². The predicted molar refractivity (Wildman–Crippen MR) is 91.9 cm³/mol. The van der Waals surface area contributed by atoms with Gasteiger partial charge in [-0.3, -0.25) is 4.79 Å². The van der Waals surface area contributed by atoms with Crippen molar-refractivity contribution in [2.75, 3.05) is 31.1 Å². The van der Waals surface area contributed by atoms with Crippen molar-refractivity contribution < 1.29 is 4.79 Å². The summed E-state index contributed by atoms with van der Waals surface area (Å²) in [5, 5.41) is 5.48. The summed E-state index contributed by atoms with van der Waals surface area (Å²) in [7, 11) is 1.94. The predicted octanol–water partition coefficient (Wildman–Crippen LogP) is 2.18. The maximum absolute atomic E-state index is 12.5. The summed E-state index contributed by atoms with van der Waals surface area (Å²) >= 11 is 1.72. The molecule has 2 aliphatic rings. The standard InChI is InChI=1S/C16H23N5OS/c1-11-13-14(19(2)18-11)17-16(23-13)21-9-5-12(6-10-21)15(22)20-7-3-4-8-20/h12H,3-10H2,1-2H3. The fourth-order valence-electron chi connectivity index (χ4n) is 3.72. The average Bonchev–Trinajstić information content (AvgIpc) is 3.27. The molecule has 0 N–H and O–H groups in total. The first-order valence-electron chi connectivity index (χ1n) is 8.47. The maximum atomic E-state index is 12.5. The third-order valence-electron chi connectivity index (χ3n) is 5.07. The van der Waals surface area contributed by atoms with Gasteiger partial charge in [-0.1, -0.05) is 11.3 Å². The number of likely N-dealkylation sites (tertiary alicyclic amines) is 1. The number of anilines is 1. The van der Waals surface area contributed by atoms with Crippen LogP contribution >= 0.6 is 11.3 Å². The number of hydrogen-bond acceptors (Lipinski definition) is 5. The molecule has 2 aliphatic heterocycles. The zero-order valence-electron chi connectivity index (χ0n) is 13.8. The van der Waals surface area contributed by atoms with E-state index in [1.807, 2.05) is 18.7 Å². The molecule has 0 atom stereocenters. The summed E-state index contributed by atoms with van der Waals surface area (Å²) in [6.07, 6.45) is 4.23. The number of hydrogen-bond donors (Lipinski definition) is 0. The first-order chi connectivity index (χ1) is 11.1. The molecule has 2 aromatic heterocycles. The Morgan fingerprint density at radius 3 is 2.52 bits per heavy atom. The molecule has 0 unspecified atom stereocenters. The Bertz CT molecular complexity index is 688. The van der Waals surface area contributed by atoms with Gasteiger partial charge in [-0.05, 0) is 32.6 Å². The number of fused-ring (bicyclic) bond motifs is 1. The van der Waals surface area contributed by atoms with Gasteiger partial charge in [0, 0.05) is 39.1 Å². The highest BCUT2D eigenvalue weighted by molar-refractivity contribution is 7.22. The Morgan fingerprint density at radius 2 is 1.87 bits per heavy atom. The van der Waals surface area contributed by atoms with E-state index in [4.69, 9.17) is 4.98 Å². The SMILES string of the molecule is Cc1nn(C)c2nc(N3CCC(C(=O)N4CCCC4)CC3)sc12. The molecule has 4 heterocycles. The lowest BCUT2D eigenvalue weighted by Gasteiger charge is -2.32. The van der Waals surface area contributed by atoms with E-state index in [0.29, 0.717) is 5.91 Å². The van der Waals surface area contributed by atoms with Crippen LogP contribution < -0.4 is 4.90 Å². The Morgan fingerprint density at radius 1 is 1.17 bits per heavy atom. The summed E-state index contributed by atoms with van der Waals surface area (Å²) in [6.45, 7) is 5.81. The van der Waals surface area contributed by atoms with Gasteiger partial charge in [0.1, 0.15) is 0 Å². The van der Waals surface area contributed by atoms with E-state index < -0.39 is 0 Å². The molecular weight excluding hydrogens is 310 g/mol. The molecule has 23 heavy (non-hydrogen) atoms. The Hall–Kier alpha value is -1.63. The van der Waals surface area contributed by atoms with Gasteiger partial charge in [0.15, 0.2) is 10.8 Å². The lowest BCUT2D eigenvalue weighted by molar-refractivity contribution is -0.135. The summed E-state index contributed by atoms with van der Waals surface area (Å²) in [6, 6.07) is 0. The quantitative estimate of drug-likeness (QED) is 0.845. The third kappa shape index (κ3) is 2.60. The molecule has 0 spiro atoms. The van der Waals surface area contributed by atoms with Crippen molar-refractivity contribution in [2.24, 2.45) is 13.0 Å². The van der Waals surface area contributed by atoms with Crippen LogP contribution in [-0.2, 0) is 11.8 Å². The van der Waals surface area contributed by atoms with Crippen LogP contribution in [0.5, 0.6) is 0 Å². The number of carbonyl (C=O) groups excluding carboxylic acids is 1. The molecule has 0 radical (unpaired) electrons. The van der Waals surface area contributed by atoms with Crippen LogP contribution in [0.3, 0.4) is 0 Å². The summed E-state index contributed by atoms with van der Waals surface area (Å²) in [4.78, 5) is 21.7. The zero-order valence-corrected chi connectivity index (χ0v) is 14.6. The molecule has 2 fully saturated rings. The molecule has 2 aromatic rings. The Kier molecular flexibility index (Phi) is 3.75. The fraction of sp³-hybridized carbons (Fsp3) is 0.688. The van der Waals surface area contributed by atoms with Gasteiger partial charge in [-0.15, -0.1) is 0 Å². The minimum absolute atomic E-state index is 0.210. The second kappa shape index (κ2) is 5.78. The van der Waals surface area contributed by atoms with E-state index >= 15 is 0 Å². The van der Waals surface area contributed by atoms with Crippen LogP contribution in [0, 0.1) is 12.8 Å². The highest BCUT2D eigenvalue weighted by atomic mass is 32.1.